The zero-order valence-electron chi connectivity index (χ0n) is 20.0. The summed E-state index contributed by atoms with van der Waals surface area (Å²) in [5.41, 5.74) is 1.19. The first-order valence-electron chi connectivity index (χ1n) is 11.6. The van der Waals surface area contributed by atoms with Crippen LogP contribution in [0.25, 0.3) is 0 Å². The fourth-order valence-electron chi connectivity index (χ4n) is 4.35. The van der Waals surface area contributed by atoms with E-state index in [4.69, 9.17) is 25.8 Å². The van der Waals surface area contributed by atoms with E-state index >= 15 is 0 Å². The molecule has 0 spiro atoms. The van der Waals surface area contributed by atoms with Crippen molar-refractivity contribution in [1.82, 2.24) is 14.7 Å². The molecule has 9 nitrogen and oxygen atoms in total. The Balaban J connectivity index is 1.27. The summed E-state index contributed by atoms with van der Waals surface area (Å²) in [5.74, 6) is 1.09. The second-order valence-electron chi connectivity index (χ2n) is 8.54. The maximum atomic E-state index is 13.1. The Morgan fingerprint density at radius 1 is 1.03 bits per heavy atom. The van der Waals surface area contributed by atoms with Gasteiger partial charge in [0.15, 0.2) is 0 Å². The predicted octanol–water partition coefficient (Wildman–Crippen LogP) is 3.05. The highest BCUT2D eigenvalue weighted by Gasteiger charge is 2.29. The maximum absolute atomic E-state index is 13.1. The molecule has 1 N–H and O–H groups in total. The summed E-state index contributed by atoms with van der Waals surface area (Å²) < 4.78 is 16.6. The van der Waals surface area contributed by atoms with Gasteiger partial charge in [0.05, 0.1) is 32.5 Å². The third kappa shape index (κ3) is 6.36. The normalized spacial score (nSPS) is 18.8. The minimum absolute atomic E-state index is 0.0538. The van der Waals surface area contributed by atoms with Gasteiger partial charge in [0.2, 0.25) is 0 Å². The average Bonchev–Trinajstić information content (AvgIpc) is 2.88. The number of methoxy groups -OCH3 is 2. The fourth-order valence-corrected chi connectivity index (χ4v) is 4.54. The summed E-state index contributed by atoms with van der Waals surface area (Å²) in [7, 11) is 3.13. The number of anilines is 1. The third-order valence-corrected chi connectivity index (χ3v) is 6.50. The standard InChI is InChI=1S/C25H31ClN4O5/c1-33-20-6-7-22(23(15-20)34-2)24(31)29-10-8-28(9-11-29)16-21-17-30(12-13-35-21)25(32)27-19-5-3-4-18(26)14-19/h3-7,14-15,21H,8-13,16-17H2,1-2H3,(H,27,32)/t21-/m1/s1. The minimum atomic E-state index is -0.163. The van der Waals surface area contributed by atoms with Crippen molar-refractivity contribution in [3.8, 4) is 11.5 Å². The van der Waals surface area contributed by atoms with Gasteiger partial charge in [-0.3, -0.25) is 9.69 Å². The fraction of sp³-hybridized carbons (Fsp3) is 0.440. The van der Waals surface area contributed by atoms with Gasteiger partial charge in [-0.25, -0.2) is 4.79 Å². The van der Waals surface area contributed by atoms with E-state index in [1.54, 1.807) is 55.5 Å². The molecule has 0 aromatic heterocycles. The van der Waals surface area contributed by atoms with Crippen LogP contribution in [-0.2, 0) is 4.74 Å². The zero-order valence-corrected chi connectivity index (χ0v) is 20.8. The first kappa shape index (κ1) is 25.1. The Bertz CT molecular complexity index is 1040. The Hall–Kier alpha value is -3.01. The number of halogens is 1. The first-order chi connectivity index (χ1) is 17.0. The molecule has 0 saturated carbocycles. The Morgan fingerprint density at radius 3 is 2.54 bits per heavy atom. The van der Waals surface area contributed by atoms with Gasteiger partial charge in [-0.05, 0) is 30.3 Å². The van der Waals surface area contributed by atoms with Crippen molar-refractivity contribution in [3.63, 3.8) is 0 Å². The molecular formula is C25H31ClN4O5. The van der Waals surface area contributed by atoms with Gasteiger partial charge in [0.25, 0.3) is 5.91 Å². The second-order valence-corrected chi connectivity index (χ2v) is 8.97. The van der Waals surface area contributed by atoms with E-state index in [2.05, 4.69) is 10.2 Å². The lowest BCUT2D eigenvalue weighted by atomic mass is 10.1. The molecule has 0 unspecified atom stereocenters. The van der Waals surface area contributed by atoms with Crippen LogP contribution >= 0.6 is 11.6 Å². The molecule has 2 aliphatic rings. The van der Waals surface area contributed by atoms with Gasteiger partial charge in [-0.2, -0.15) is 0 Å². The number of benzene rings is 2. The molecule has 2 heterocycles. The minimum Gasteiger partial charge on any atom is -0.497 e. The van der Waals surface area contributed by atoms with Gasteiger partial charge in [-0.15, -0.1) is 0 Å². The van der Waals surface area contributed by atoms with E-state index in [0.717, 1.165) is 13.1 Å². The number of ether oxygens (including phenoxy) is 3. The van der Waals surface area contributed by atoms with Crippen molar-refractivity contribution in [1.29, 1.82) is 0 Å². The lowest BCUT2D eigenvalue weighted by Crippen LogP contribution is -2.54. The van der Waals surface area contributed by atoms with Gasteiger partial charge in [0, 0.05) is 62.6 Å². The van der Waals surface area contributed by atoms with Crippen LogP contribution in [0.3, 0.4) is 0 Å². The van der Waals surface area contributed by atoms with Crippen LogP contribution in [0.1, 0.15) is 10.4 Å². The summed E-state index contributed by atoms with van der Waals surface area (Å²) >= 11 is 6.01. The Morgan fingerprint density at radius 2 is 1.83 bits per heavy atom. The van der Waals surface area contributed by atoms with Crippen molar-refractivity contribution in [2.45, 2.75) is 6.10 Å². The summed E-state index contributed by atoms with van der Waals surface area (Å²) in [6.07, 6.45) is -0.0854. The molecule has 2 fully saturated rings. The Kier molecular flexibility index (Phi) is 8.33. The largest absolute Gasteiger partial charge is 0.497 e. The van der Waals surface area contributed by atoms with Crippen LogP contribution in [0.2, 0.25) is 5.02 Å². The molecular weight excluding hydrogens is 472 g/mol. The van der Waals surface area contributed by atoms with Crippen molar-refractivity contribution in [3.05, 3.63) is 53.1 Å². The van der Waals surface area contributed by atoms with E-state index in [1.165, 1.54) is 0 Å². The highest BCUT2D eigenvalue weighted by atomic mass is 35.5. The number of amides is 3. The summed E-state index contributed by atoms with van der Waals surface area (Å²) in [4.78, 5) is 31.7. The van der Waals surface area contributed by atoms with Crippen LogP contribution in [0.4, 0.5) is 10.5 Å². The smallest absolute Gasteiger partial charge is 0.322 e. The number of carbonyl (C=O) groups excluding carboxylic acids is 2. The van der Waals surface area contributed by atoms with Crippen molar-refractivity contribution in [2.75, 3.05) is 72.0 Å². The number of piperazine rings is 1. The van der Waals surface area contributed by atoms with E-state index in [9.17, 15) is 9.59 Å². The molecule has 2 aromatic rings. The van der Waals surface area contributed by atoms with Gasteiger partial charge in [-0.1, -0.05) is 17.7 Å². The quantitative estimate of drug-likeness (QED) is 0.653. The van der Waals surface area contributed by atoms with Crippen molar-refractivity contribution in [2.24, 2.45) is 0 Å². The van der Waals surface area contributed by atoms with Crippen LogP contribution in [0, 0.1) is 0 Å². The molecule has 0 radical (unpaired) electrons. The lowest BCUT2D eigenvalue weighted by molar-refractivity contribution is -0.0338. The van der Waals surface area contributed by atoms with E-state index in [-0.39, 0.29) is 18.0 Å². The zero-order chi connectivity index (χ0) is 24.8. The van der Waals surface area contributed by atoms with Gasteiger partial charge in [0.1, 0.15) is 11.5 Å². The van der Waals surface area contributed by atoms with Crippen LogP contribution in [-0.4, -0.2) is 99.4 Å². The molecule has 188 valence electrons. The van der Waals surface area contributed by atoms with E-state index in [0.29, 0.717) is 67.1 Å². The molecule has 0 bridgehead atoms. The number of nitrogens with zero attached hydrogens (tertiary/aromatic N) is 3. The van der Waals surface area contributed by atoms with Gasteiger partial charge >= 0.3 is 6.03 Å². The van der Waals surface area contributed by atoms with Crippen LogP contribution in [0.15, 0.2) is 42.5 Å². The number of morpholine rings is 1. The molecule has 10 heteroatoms. The molecule has 0 aliphatic carbocycles. The van der Waals surface area contributed by atoms with Gasteiger partial charge < -0.3 is 29.3 Å². The third-order valence-electron chi connectivity index (χ3n) is 6.26. The maximum Gasteiger partial charge on any atom is 0.322 e. The molecule has 35 heavy (non-hydrogen) atoms. The molecule has 4 rings (SSSR count). The topological polar surface area (TPSA) is 83.6 Å². The summed E-state index contributed by atoms with van der Waals surface area (Å²) in [6.45, 7) is 4.93. The average molecular weight is 503 g/mol. The number of hydrogen-bond acceptors (Lipinski definition) is 6. The van der Waals surface area contributed by atoms with Crippen LogP contribution in [0.5, 0.6) is 11.5 Å². The molecule has 2 saturated heterocycles. The molecule has 2 aliphatic heterocycles. The van der Waals surface area contributed by atoms with Crippen molar-refractivity contribution < 1.29 is 23.8 Å². The van der Waals surface area contributed by atoms with Crippen LogP contribution < -0.4 is 14.8 Å². The molecule has 3 amide bonds. The van der Waals surface area contributed by atoms with Crippen molar-refractivity contribution >= 4 is 29.2 Å². The monoisotopic (exact) mass is 502 g/mol. The van der Waals surface area contributed by atoms with E-state index in [1.807, 2.05) is 11.0 Å². The number of rotatable bonds is 6. The Labute approximate surface area is 210 Å². The highest BCUT2D eigenvalue weighted by Crippen LogP contribution is 2.26. The first-order valence-corrected chi connectivity index (χ1v) is 12.0. The highest BCUT2D eigenvalue weighted by molar-refractivity contribution is 6.30. The number of carbonyl (C=O) groups is 2. The lowest BCUT2D eigenvalue weighted by Gasteiger charge is -2.39. The number of hydrogen-bond donors (Lipinski definition) is 1. The summed E-state index contributed by atoms with van der Waals surface area (Å²) in [5, 5.41) is 3.47. The van der Waals surface area contributed by atoms with E-state index < -0.39 is 0 Å². The molecule has 2 aromatic carbocycles. The summed E-state index contributed by atoms with van der Waals surface area (Å²) in [6, 6.07) is 12.2. The molecule has 1 atom stereocenters. The SMILES string of the molecule is COc1ccc(C(=O)N2CCN(C[C@@H]3CN(C(=O)Nc4cccc(Cl)c4)CCO3)CC2)c(OC)c1. The predicted molar refractivity (Wildman–Crippen MR) is 134 cm³/mol. The number of urea groups is 1. The number of nitrogens with one attached hydrogen (secondary N) is 1. The second kappa shape index (κ2) is 11.6.